The Balaban J connectivity index is 1.56. The topological polar surface area (TPSA) is 128 Å². The Morgan fingerprint density at radius 2 is 1.62 bits per heavy atom. The zero-order valence-corrected chi connectivity index (χ0v) is 22.3. The van der Waals surface area contributed by atoms with Crippen molar-refractivity contribution in [3.8, 4) is 0 Å². The molecule has 2 fully saturated rings. The number of hydrogen-bond acceptors (Lipinski definition) is 5. The molecule has 9 nitrogen and oxygen atoms in total. The van der Waals surface area contributed by atoms with Crippen LogP contribution in [0.5, 0.6) is 0 Å². The van der Waals surface area contributed by atoms with Crippen molar-refractivity contribution < 1.29 is 24.4 Å². The van der Waals surface area contributed by atoms with Crippen molar-refractivity contribution in [1.82, 2.24) is 21.0 Å². The van der Waals surface area contributed by atoms with Gasteiger partial charge in [0.15, 0.2) is 0 Å². The summed E-state index contributed by atoms with van der Waals surface area (Å²) in [6, 6.07) is 8.28. The summed E-state index contributed by atoms with van der Waals surface area (Å²) in [5.41, 5.74) is 1.78. The normalized spacial score (nSPS) is 18.6. The number of piperidine rings is 1. The predicted octanol–water partition coefficient (Wildman–Crippen LogP) is 3.03. The lowest BCUT2D eigenvalue weighted by Gasteiger charge is -2.38. The molecule has 0 unspecified atom stereocenters. The smallest absolute Gasteiger partial charge is 0.251 e. The highest BCUT2D eigenvalue weighted by Crippen LogP contribution is 2.32. The van der Waals surface area contributed by atoms with E-state index >= 15 is 0 Å². The van der Waals surface area contributed by atoms with E-state index in [1.165, 1.54) is 0 Å². The van der Waals surface area contributed by atoms with Gasteiger partial charge in [-0.3, -0.25) is 24.4 Å². The molecule has 1 aliphatic heterocycles. The van der Waals surface area contributed by atoms with Crippen molar-refractivity contribution in [2.24, 2.45) is 17.3 Å². The molecular weight excluding hydrogens is 472 g/mol. The third-order valence-corrected chi connectivity index (χ3v) is 7.60. The van der Waals surface area contributed by atoms with E-state index in [1.807, 2.05) is 39.0 Å². The molecule has 1 aliphatic carbocycles. The van der Waals surface area contributed by atoms with Crippen LogP contribution in [0.2, 0.25) is 0 Å². The second-order valence-electron chi connectivity index (χ2n) is 11.6. The molecule has 4 N–H and O–H groups in total. The lowest BCUT2D eigenvalue weighted by Crippen LogP contribution is -2.57. The van der Waals surface area contributed by atoms with Crippen LogP contribution in [-0.4, -0.2) is 58.9 Å². The van der Waals surface area contributed by atoms with E-state index in [9.17, 15) is 24.4 Å². The van der Waals surface area contributed by atoms with E-state index in [1.54, 1.807) is 22.5 Å². The number of hydrogen-bond donors (Lipinski definition) is 4. The highest BCUT2D eigenvalue weighted by atomic mass is 16.5. The van der Waals surface area contributed by atoms with Gasteiger partial charge in [-0.2, -0.15) is 0 Å². The summed E-state index contributed by atoms with van der Waals surface area (Å²) in [5, 5.41) is 15.1. The summed E-state index contributed by atoms with van der Waals surface area (Å²) in [6.07, 6.45) is 6.05. The van der Waals surface area contributed by atoms with Crippen LogP contribution in [0.1, 0.15) is 82.5 Å². The molecule has 0 spiro atoms. The van der Waals surface area contributed by atoms with Crippen LogP contribution >= 0.6 is 0 Å². The van der Waals surface area contributed by atoms with Crippen LogP contribution < -0.4 is 16.1 Å². The van der Waals surface area contributed by atoms with Crippen LogP contribution in [-0.2, 0) is 14.4 Å². The van der Waals surface area contributed by atoms with Gasteiger partial charge in [-0.15, -0.1) is 0 Å². The number of hydroxylamine groups is 1. The Labute approximate surface area is 219 Å². The number of amides is 4. The summed E-state index contributed by atoms with van der Waals surface area (Å²) in [7, 11) is 0. The molecule has 204 valence electrons. The van der Waals surface area contributed by atoms with Gasteiger partial charge in [-0.25, -0.2) is 5.48 Å². The minimum absolute atomic E-state index is 0.0206. The summed E-state index contributed by atoms with van der Waals surface area (Å²) in [5.74, 6) is -1.46. The largest absolute Gasteiger partial charge is 0.349 e. The van der Waals surface area contributed by atoms with Gasteiger partial charge in [-0.1, -0.05) is 64.7 Å². The number of carbonyl (C=O) groups is 4. The van der Waals surface area contributed by atoms with Gasteiger partial charge < -0.3 is 15.5 Å². The SMILES string of the molecule is CC(C)(C)[C@H](NC(=O)C[C@@H](CC1CCCC1)C(=O)NO)C(=O)N1CCC(NC(=O)c2ccccc2)CC1. The zero-order valence-electron chi connectivity index (χ0n) is 22.3. The molecule has 1 saturated carbocycles. The molecule has 2 atom stereocenters. The van der Waals surface area contributed by atoms with Gasteiger partial charge in [0.1, 0.15) is 6.04 Å². The maximum absolute atomic E-state index is 13.5. The van der Waals surface area contributed by atoms with Gasteiger partial charge in [-0.05, 0) is 42.7 Å². The molecule has 0 bridgehead atoms. The van der Waals surface area contributed by atoms with Gasteiger partial charge in [0, 0.05) is 37.0 Å². The fraction of sp³-hybridized carbons (Fsp3) is 0.643. The second kappa shape index (κ2) is 13.0. The second-order valence-corrected chi connectivity index (χ2v) is 11.6. The van der Waals surface area contributed by atoms with Gasteiger partial charge in [0.2, 0.25) is 17.7 Å². The van der Waals surface area contributed by atoms with Crippen molar-refractivity contribution >= 4 is 23.6 Å². The lowest BCUT2D eigenvalue weighted by molar-refractivity contribution is -0.141. The number of nitrogens with zero attached hydrogens (tertiary/aromatic N) is 1. The average Bonchev–Trinajstić information content (AvgIpc) is 3.39. The molecule has 3 rings (SSSR count). The van der Waals surface area contributed by atoms with E-state index in [4.69, 9.17) is 0 Å². The van der Waals surface area contributed by atoms with Crippen molar-refractivity contribution in [1.29, 1.82) is 0 Å². The first-order valence-corrected chi connectivity index (χ1v) is 13.5. The van der Waals surface area contributed by atoms with Crippen LogP contribution in [0.4, 0.5) is 0 Å². The zero-order chi connectivity index (χ0) is 27.0. The third kappa shape index (κ3) is 8.28. The molecule has 1 saturated heterocycles. The lowest BCUT2D eigenvalue weighted by atomic mass is 9.84. The molecule has 1 aromatic carbocycles. The minimum atomic E-state index is -0.750. The Morgan fingerprint density at radius 3 is 2.19 bits per heavy atom. The molecule has 37 heavy (non-hydrogen) atoms. The highest BCUT2D eigenvalue weighted by Gasteiger charge is 2.38. The summed E-state index contributed by atoms with van der Waals surface area (Å²) < 4.78 is 0. The molecular formula is C28H42N4O5. The molecule has 1 heterocycles. The van der Waals surface area contributed by atoms with Gasteiger partial charge >= 0.3 is 0 Å². The highest BCUT2D eigenvalue weighted by molar-refractivity contribution is 5.94. The molecule has 1 aromatic rings. The Kier molecular flexibility index (Phi) is 10.1. The monoisotopic (exact) mass is 514 g/mol. The van der Waals surface area contributed by atoms with Crippen LogP contribution in [0, 0.1) is 17.3 Å². The van der Waals surface area contributed by atoms with Gasteiger partial charge in [0.25, 0.3) is 5.91 Å². The first-order chi connectivity index (χ1) is 17.6. The van der Waals surface area contributed by atoms with E-state index in [0.717, 1.165) is 25.7 Å². The van der Waals surface area contributed by atoms with Crippen molar-refractivity contribution in [2.45, 2.75) is 84.2 Å². The number of nitrogens with one attached hydrogen (secondary N) is 3. The first-order valence-electron chi connectivity index (χ1n) is 13.5. The van der Waals surface area contributed by atoms with Crippen LogP contribution in [0.15, 0.2) is 30.3 Å². The minimum Gasteiger partial charge on any atom is -0.349 e. The van der Waals surface area contributed by atoms with Crippen molar-refractivity contribution in [3.63, 3.8) is 0 Å². The molecule has 0 radical (unpaired) electrons. The Bertz CT molecular complexity index is 932. The Hall–Kier alpha value is -2.94. The molecule has 4 amide bonds. The number of benzene rings is 1. The van der Waals surface area contributed by atoms with Crippen molar-refractivity contribution in [2.75, 3.05) is 13.1 Å². The molecule has 0 aromatic heterocycles. The fourth-order valence-electron chi connectivity index (χ4n) is 5.40. The van der Waals surface area contributed by atoms with Crippen LogP contribution in [0.25, 0.3) is 0 Å². The van der Waals surface area contributed by atoms with E-state index in [-0.39, 0.29) is 30.2 Å². The summed E-state index contributed by atoms with van der Waals surface area (Å²) in [6.45, 7) is 6.67. The van der Waals surface area contributed by atoms with E-state index < -0.39 is 23.3 Å². The van der Waals surface area contributed by atoms with E-state index in [0.29, 0.717) is 43.8 Å². The number of carbonyl (C=O) groups excluding carboxylic acids is 4. The predicted molar refractivity (Wildman–Crippen MR) is 140 cm³/mol. The summed E-state index contributed by atoms with van der Waals surface area (Å²) >= 11 is 0. The number of rotatable bonds is 9. The third-order valence-electron chi connectivity index (χ3n) is 7.60. The molecule has 2 aliphatic rings. The van der Waals surface area contributed by atoms with Crippen molar-refractivity contribution in [3.05, 3.63) is 35.9 Å². The maximum Gasteiger partial charge on any atom is 0.251 e. The maximum atomic E-state index is 13.5. The molecule has 9 heteroatoms. The average molecular weight is 515 g/mol. The number of likely N-dealkylation sites (tertiary alicyclic amines) is 1. The van der Waals surface area contributed by atoms with Crippen LogP contribution in [0.3, 0.4) is 0 Å². The quantitative estimate of drug-likeness (QED) is 0.298. The first kappa shape index (κ1) is 28.6. The summed E-state index contributed by atoms with van der Waals surface area (Å²) in [4.78, 5) is 53.0. The van der Waals surface area contributed by atoms with E-state index in [2.05, 4.69) is 10.6 Å². The Morgan fingerprint density at radius 1 is 1.00 bits per heavy atom. The fourth-order valence-corrected chi connectivity index (χ4v) is 5.40. The van der Waals surface area contributed by atoms with Gasteiger partial charge in [0.05, 0.1) is 0 Å². The standard InChI is InChI=1S/C28H42N4O5/c1-28(2,3)24(30-23(33)18-21(26(35)31-37)17-19-9-7-8-10-19)27(36)32-15-13-22(14-16-32)29-25(34)20-11-5-4-6-12-20/h4-6,11-12,19,21-22,24,37H,7-10,13-18H2,1-3H3,(H,29,34)(H,30,33)(H,31,35)/t21-,24-/m1/s1.